The second-order valence-electron chi connectivity index (χ2n) is 6.25. The van der Waals surface area contributed by atoms with Crippen molar-refractivity contribution in [1.82, 2.24) is 15.5 Å². The number of thioether (sulfide) groups is 1. The fourth-order valence-corrected chi connectivity index (χ4v) is 5.24. The van der Waals surface area contributed by atoms with Crippen molar-refractivity contribution in [1.29, 1.82) is 0 Å². The van der Waals surface area contributed by atoms with Gasteiger partial charge in [-0.3, -0.25) is 24.1 Å². The Kier molecular flexibility index (Phi) is 5.94. The SMILES string of the molecule is CC(=O)OCC1=C(C(=O)O)N2C(=O)[C@@](NC=O)(NC(=O)Cc3cccs3)[C@@H]2SC1. The highest BCUT2D eigenvalue weighted by molar-refractivity contribution is 8.00. The monoisotopic (exact) mass is 439 g/mol. The molecule has 2 aliphatic rings. The summed E-state index contributed by atoms with van der Waals surface area (Å²) < 4.78 is 4.88. The Bertz CT molecular complexity index is 899. The van der Waals surface area contributed by atoms with Crippen LogP contribution in [0.15, 0.2) is 28.8 Å². The van der Waals surface area contributed by atoms with Gasteiger partial charge >= 0.3 is 11.9 Å². The van der Waals surface area contributed by atoms with Gasteiger partial charge in [0, 0.05) is 23.1 Å². The van der Waals surface area contributed by atoms with Crippen LogP contribution in [0.4, 0.5) is 0 Å². The standard InChI is InChI=1S/C17H17N3O7S2/c1-9(22)27-6-10-7-29-16-17(18-8-21,15(26)20(16)13(10)14(24)25)19-12(23)5-11-3-2-4-28-11/h2-4,8,16H,5-7H2,1H3,(H,18,21)(H,19,23)(H,24,25)/t16-,17+/m0/s1. The number of hydrogen-bond acceptors (Lipinski definition) is 8. The lowest BCUT2D eigenvalue weighted by Gasteiger charge is -2.56. The van der Waals surface area contributed by atoms with E-state index in [1.807, 2.05) is 5.38 Å². The van der Waals surface area contributed by atoms with Crippen LogP contribution in [-0.4, -0.2) is 63.6 Å². The normalized spacial score (nSPS) is 23.0. The van der Waals surface area contributed by atoms with Gasteiger partial charge in [-0.05, 0) is 11.4 Å². The van der Waals surface area contributed by atoms with Crippen LogP contribution in [0.3, 0.4) is 0 Å². The van der Waals surface area contributed by atoms with Crippen molar-refractivity contribution in [3.63, 3.8) is 0 Å². The van der Waals surface area contributed by atoms with E-state index in [0.717, 1.165) is 21.5 Å². The van der Waals surface area contributed by atoms with E-state index in [9.17, 15) is 29.1 Å². The third kappa shape index (κ3) is 3.85. The first-order valence-corrected chi connectivity index (χ1v) is 10.3. The highest BCUT2D eigenvalue weighted by Gasteiger charge is 2.66. The predicted octanol–water partition coefficient (Wildman–Crippen LogP) is -0.334. The summed E-state index contributed by atoms with van der Waals surface area (Å²) in [4.78, 5) is 61.1. The largest absolute Gasteiger partial charge is 0.477 e. The smallest absolute Gasteiger partial charge is 0.352 e. The second-order valence-corrected chi connectivity index (χ2v) is 8.35. The van der Waals surface area contributed by atoms with Crippen molar-refractivity contribution in [2.75, 3.05) is 12.4 Å². The van der Waals surface area contributed by atoms with Gasteiger partial charge in [0.2, 0.25) is 18.0 Å². The molecule has 0 bridgehead atoms. The van der Waals surface area contributed by atoms with Gasteiger partial charge in [-0.15, -0.1) is 23.1 Å². The molecule has 0 saturated carbocycles. The van der Waals surface area contributed by atoms with Crippen LogP contribution >= 0.6 is 23.1 Å². The van der Waals surface area contributed by atoms with Crippen molar-refractivity contribution < 1.29 is 33.8 Å². The summed E-state index contributed by atoms with van der Waals surface area (Å²) in [5.41, 5.74) is -1.79. The lowest BCUT2D eigenvalue weighted by atomic mass is 9.94. The van der Waals surface area contributed by atoms with Crippen molar-refractivity contribution in [2.24, 2.45) is 0 Å². The van der Waals surface area contributed by atoms with E-state index in [4.69, 9.17) is 4.74 Å². The Morgan fingerprint density at radius 2 is 2.21 bits per heavy atom. The van der Waals surface area contributed by atoms with Crippen molar-refractivity contribution >= 4 is 53.3 Å². The minimum absolute atomic E-state index is 0.0178. The number of nitrogens with zero attached hydrogens (tertiary/aromatic N) is 1. The number of ether oxygens (including phenoxy) is 1. The van der Waals surface area contributed by atoms with Crippen molar-refractivity contribution in [2.45, 2.75) is 24.4 Å². The number of β-lactam (4-membered cyclic amide) rings is 1. The van der Waals surface area contributed by atoms with Gasteiger partial charge in [-0.1, -0.05) is 6.07 Å². The number of thiophene rings is 1. The number of nitrogens with one attached hydrogen (secondary N) is 2. The predicted molar refractivity (Wildman–Crippen MR) is 102 cm³/mol. The van der Waals surface area contributed by atoms with E-state index >= 15 is 0 Å². The summed E-state index contributed by atoms with van der Waals surface area (Å²) in [6.07, 6.45) is 0.309. The van der Waals surface area contributed by atoms with Gasteiger partial charge in [-0.25, -0.2) is 4.79 Å². The Morgan fingerprint density at radius 3 is 2.79 bits per heavy atom. The molecule has 1 aromatic rings. The van der Waals surface area contributed by atoms with E-state index in [1.165, 1.54) is 18.3 Å². The minimum atomic E-state index is -1.74. The number of amides is 3. The third-order valence-corrected chi connectivity index (χ3v) is 6.61. The summed E-state index contributed by atoms with van der Waals surface area (Å²) in [5, 5.41) is 15.5. The number of carboxylic acids is 1. The maximum Gasteiger partial charge on any atom is 0.352 e. The minimum Gasteiger partial charge on any atom is -0.477 e. The summed E-state index contributed by atoms with van der Waals surface area (Å²) in [5.74, 6) is -3.06. The van der Waals surface area contributed by atoms with Gasteiger partial charge in [0.05, 0.1) is 6.42 Å². The van der Waals surface area contributed by atoms with Gasteiger partial charge in [0.1, 0.15) is 17.7 Å². The summed E-state index contributed by atoms with van der Waals surface area (Å²) >= 11 is 2.53. The Morgan fingerprint density at radius 1 is 1.45 bits per heavy atom. The number of carboxylic acid groups (broad SMARTS) is 1. The van der Waals surface area contributed by atoms with Crippen molar-refractivity contribution in [3.05, 3.63) is 33.7 Å². The molecule has 2 aliphatic heterocycles. The zero-order chi connectivity index (χ0) is 21.2. The third-order valence-electron chi connectivity index (χ3n) is 4.34. The number of carbonyl (C=O) groups excluding carboxylic acids is 4. The average Bonchev–Trinajstić information content (AvgIpc) is 3.17. The number of hydrogen-bond donors (Lipinski definition) is 3. The second kappa shape index (κ2) is 8.25. The van der Waals surface area contributed by atoms with Crippen LogP contribution in [0.2, 0.25) is 0 Å². The molecule has 0 spiro atoms. The first-order valence-electron chi connectivity index (χ1n) is 8.39. The molecule has 3 amide bonds. The molecule has 1 fully saturated rings. The lowest BCUT2D eigenvalue weighted by Crippen LogP contribution is -2.85. The van der Waals surface area contributed by atoms with Gasteiger partial charge in [0.15, 0.2) is 0 Å². The molecule has 3 heterocycles. The summed E-state index contributed by atoms with van der Waals surface area (Å²) in [7, 11) is 0. The zero-order valence-corrected chi connectivity index (χ0v) is 16.8. The molecule has 0 unspecified atom stereocenters. The molecular weight excluding hydrogens is 422 g/mol. The van der Waals surface area contributed by atoms with Crippen LogP contribution in [0.5, 0.6) is 0 Å². The quantitative estimate of drug-likeness (QED) is 0.216. The molecule has 0 aromatic carbocycles. The maximum absolute atomic E-state index is 12.9. The van der Waals surface area contributed by atoms with E-state index in [-0.39, 0.29) is 30.1 Å². The van der Waals surface area contributed by atoms with E-state index in [2.05, 4.69) is 10.6 Å². The topological polar surface area (TPSA) is 142 Å². The molecule has 0 radical (unpaired) electrons. The number of fused-ring (bicyclic) bond motifs is 1. The average molecular weight is 439 g/mol. The van der Waals surface area contributed by atoms with Crippen LogP contribution in [-0.2, 0) is 35.1 Å². The highest BCUT2D eigenvalue weighted by atomic mass is 32.2. The molecule has 2 atom stereocenters. The molecule has 29 heavy (non-hydrogen) atoms. The molecule has 3 N–H and O–H groups in total. The van der Waals surface area contributed by atoms with Crippen LogP contribution < -0.4 is 10.6 Å². The number of carbonyl (C=O) groups is 5. The fourth-order valence-electron chi connectivity index (χ4n) is 3.13. The molecule has 3 rings (SSSR count). The van der Waals surface area contributed by atoms with Crippen LogP contribution in [0.25, 0.3) is 0 Å². The Labute approximate surface area is 173 Å². The number of aliphatic carboxylic acids is 1. The lowest BCUT2D eigenvalue weighted by molar-refractivity contribution is -0.162. The summed E-state index contributed by atoms with van der Waals surface area (Å²) in [6, 6.07) is 3.55. The summed E-state index contributed by atoms with van der Waals surface area (Å²) in [6.45, 7) is 0.927. The van der Waals surface area contributed by atoms with E-state index in [0.29, 0.717) is 6.41 Å². The first-order chi connectivity index (χ1) is 13.8. The van der Waals surface area contributed by atoms with E-state index in [1.54, 1.807) is 12.1 Å². The van der Waals surface area contributed by atoms with Crippen molar-refractivity contribution in [3.8, 4) is 0 Å². The molecule has 1 saturated heterocycles. The molecule has 1 aromatic heterocycles. The van der Waals surface area contributed by atoms with E-state index < -0.39 is 34.8 Å². The first kappa shape index (κ1) is 20.9. The molecule has 12 heteroatoms. The number of rotatable bonds is 8. The Hall–Kier alpha value is -2.86. The van der Waals surface area contributed by atoms with Crippen LogP contribution in [0.1, 0.15) is 11.8 Å². The molecule has 10 nitrogen and oxygen atoms in total. The molecule has 0 aliphatic carbocycles. The van der Waals surface area contributed by atoms with Gasteiger partial charge in [0.25, 0.3) is 5.91 Å². The molecule has 154 valence electrons. The zero-order valence-electron chi connectivity index (χ0n) is 15.2. The van der Waals surface area contributed by atoms with Gasteiger partial charge in [-0.2, -0.15) is 0 Å². The Balaban J connectivity index is 1.85. The molecular formula is C17H17N3O7S2. The van der Waals surface area contributed by atoms with Gasteiger partial charge < -0.3 is 20.5 Å². The van der Waals surface area contributed by atoms with Crippen LogP contribution in [0, 0.1) is 0 Å². The number of esters is 1. The fraction of sp³-hybridized carbons (Fsp3) is 0.353. The highest BCUT2D eigenvalue weighted by Crippen LogP contribution is 2.45. The maximum atomic E-state index is 12.9.